The monoisotopic (exact) mass is 205 g/mol. The van der Waals surface area contributed by atoms with Gasteiger partial charge in [0, 0.05) is 25.3 Å². The number of carbonyl (C=O) groups excluding carboxylic acids is 1. The van der Waals surface area contributed by atoms with Gasteiger partial charge < -0.3 is 4.74 Å². The third-order valence-electron chi connectivity index (χ3n) is 2.06. The van der Waals surface area contributed by atoms with E-state index in [2.05, 4.69) is 10.1 Å². The molecule has 2 rings (SSSR count). The highest BCUT2D eigenvalue weighted by Crippen LogP contribution is 2.03. The molecule has 0 N–H and O–H groups in total. The molecule has 5 heteroatoms. The van der Waals surface area contributed by atoms with Crippen molar-refractivity contribution in [3.8, 4) is 0 Å². The molecule has 0 amide bonds. The second-order valence-electron chi connectivity index (χ2n) is 3.15. The van der Waals surface area contributed by atoms with Gasteiger partial charge in [-0.3, -0.25) is 4.79 Å². The molecular formula is C10H11N3O2. The van der Waals surface area contributed by atoms with Crippen LogP contribution in [0.25, 0.3) is 5.65 Å². The predicted octanol–water partition coefficient (Wildman–Crippen LogP) is 0.731. The fraction of sp³-hybridized carbons (Fsp3) is 0.300. The van der Waals surface area contributed by atoms with E-state index >= 15 is 0 Å². The molecule has 0 unspecified atom stereocenters. The average Bonchev–Trinajstić information content (AvgIpc) is 2.67. The van der Waals surface area contributed by atoms with E-state index in [9.17, 15) is 4.79 Å². The number of nitrogens with zero attached hydrogens (tertiary/aromatic N) is 3. The van der Waals surface area contributed by atoms with E-state index in [1.54, 1.807) is 30.0 Å². The van der Waals surface area contributed by atoms with E-state index in [4.69, 9.17) is 4.74 Å². The van der Waals surface area contributed by atoms with Crippen molar-refractivity contribution in [3.63, 3.8) is 0 Å². The molecule has 0 radical (unpaired) electrons. The number of aromatic nitrogens is 3. The van der Waals surface area contributed by atoms with Crippen molar-refractivity contribution in [1.29, 1.82) is 0 Å². The maximum atomic E-state index is 10.5. The highest BCUT2D eigenvalue weighted by atomic mass is 16.5. The molecule has 2 heterocycles. The van der Waals surface area contributed by atoms with Crippen LogP contribution in [0.4, 0.5) is 0 Å². The van der Waals surface area contributed by atoms with Gasteiger partial charge in [-0.15, -0.1) is 0 Å². The lowest BCUT2D eigenvalue weighted by molar-refractivity contribution is 0.112. The van der Waals surface area contributed by atoms with Crippen LogP contribution in [0.15, 0.2) is 18.3 Å². The average molecular weight is 205 g/mol. The minimum Gasteiger partial charge on any atom is -0.384 e. The van der Waals surface area contributed by atoms with Gasteiger partial charge in [0.05, 0.1) is 6.61 Å². The topological polar surface area (TPSA) is 56.5 Å². The molecule has 2 aromatic rings. The number of hydrogen-bond donors (Lipinski definition) is 0. The molecule has 15 heavy (non-hydrogen) atoms. The van der Waals surface area contributed by atoms with Gasteiger partial charge in [0.1, 0.15) is 0 Å². The van der Waals surface area contributed by atoms with E-state index in [0.717, 1.165) is 17.8 Å². The summed E-state index contributed by atoms with van der Waals surface area (Å²) < 4.78 is 6.55. The Balaban J connectivity index is 2.33. The number of rotatable bonds is 4. The van der Waals surface area contributed by atoms with Gasteiger partial charge in [-0.2, -0.15) is 5.10 Å². The largest absolute Gasteiger partial charge is 0.384 e. The number of fused-ring (bicyclic) bond motifs is 1. The SMILES string of the molecule is COCCc1nc2ccc(C=O)cn2n1. The summed E-state index contributed by atoms with van der Waals surface area (Å²) in [6, 6.07) is 3.49. The molecule has 0 fully saturated rings. The van der Waals surface area contributed by atoms with Crippen molar-refractivity contribution in [3.05, 3.63) is 29.7 Å². The van der Waals surface area contributed by atoms with Gasteiger partial charge in [0.2, 0.25) is 0 Å². The number of ether oxygens (including phenoxy) is 1. The Morgan fingerprint density at radius 1 is 1.53 bits per heavy atom. The highest BCUT2D eigenvalue weighted by Gasteiger charge is 2.03. The first-order valence-corrected chi connectivity index (χ1v) is 4.63. The van der Waals surface area contributed by atoms with Crippen LogP contribution >= 0.6 is 0 Å². The first-order valence-electron chi connectivity index (χ1n) is 4.63. The maximum absolute atomic E-state index is 10.5. The molecule has 0 saturated heterocycles. The number of pyridine rings is 1. The van der Waals surface area contributed by atoms with Gasteiger partial charge in [-0.25, -0.2) is 9.50 Å². The third-order valence-corrected chi connectivity index (χ3v) is 2.06. The molecule has 2 aromatic heterocycles. The van der Waals surface area contributed by atoms with Gasteiger partial charge in [0.25, 0.3) is 0 Å². The van der Waals surface area contributed by atoms with E-state index in [0.29, 0.717) is 18.6 Å². The summed E-state index contributed by atoms with van der Waals surface area (Å²) in [5, 5.41) is 4.23. The number of carbonyl (C=O) groups is 1. The quantitative estimate of drug-likeness (QED) is 0.690. The van der Waals surface area contributed by atoms with Gasteiger partial charge >= 0.3 is 0 Å². The molecule has 0 aliphatic carbocycles. The van der Waals surface area contributed by atoms with Crippen LogP contribution in [-0.4, -0.2) is 34.6 Å². The molecule has 0 aliphatic heterocycles. The molecule has 0 saturated carbocycles. The van der Waals surface area contributed by atoms with E-state index < -0.39 is 0 Å². The summed E-state index contributed by atoms with van der Waals surface area (Å²) in [6.45, 7) is 0.595. The summed E-state index contributed by atoms with van der Waals surface area (Å²) in [5.41, 5.74) is 1.33. The minimum atomic E-state index is 0.589. The standard InChI is InChI=1S/C10H11N3O2/c1-15-5-4-9-11-10-3-2-8(7-14)6-13(10)12-9/h2-3,6-7H,4-5H2,1H3. The Bertz CT molecular complexity index is 478. The van der Waals surface area contributed by atoms with Crippen molar-refractivity contribution >= 4 is 11.9 Å². The summed E-state index contributed by atoms with van der Waals surface area (Å²) in [6.07, 6.45) is 3.12. The molecule has 78 valence electrons. The fourth-order valence-electron chi connectivity index (χ4n) is 1.31. The molecular weight excluding hydrogens is 194 g/mol. The van der Waals surface area contributed by atoms with Crippen molar-refractivity contribution in [2.75, 3.05) is 13.7 Å². The first kappa shape index (κ1) is 9.79. The maximum Gasteiger partial charge on any atom is 0.155 e. The van der Waals surface area contributed by atoms with Crippen LogP contribution < -0.4 is 0 Å². The second kappa shape index (κ2) is 4.18. The smallest absolute Gasteiger partial charge is 0.155 e. The van der Waals surface area contributed by atoms with Crippen LogP contribution in [0.5, 0.6) is 0 Å². The first-order chi connectivity index (χ1) is 7.33. The molecule has 0 spiro atoms. The Hall–Kier alpha value is -1.75. The highest BCUT2D eigenvalue weighted by molar-refractivity contribution is 5.74. The minimum absolute atomic E-state index is 0.589. The van der Waals surface area contributed by atoms with E-state index in [-0.39, 0.29) is 0 Å². The van der Waals surface area contributed by atoms with E-state index in [1.165, 1.54) is 0 Å². The zero-order valence-electron chi connectivity index (χ0n) is 8.38. The van der Waals surface area contributed by atoms with Crippen molar-refractivity contribution in [2.45, 2.75) is 6.42 Å². The lowest BCUT2D eigenvalue weighted by atomic mass is 10.3. The van der Waals surface area contributed by atoms with Crippen molar-refractivity contribution in [2.24, 2.45) is 0 Å². The van der Waals surface area contributed by atoms with Crippen molar-refractivity contribution < 1.29 is 9.53 Å². The van der Waals surface area contributed by atoms with Crippen LogP contribution in [0.2, 0.25) is 0 Å². The van der Waals surface area contributed by atoms with Crippen molar-refractivity contribution in [1.82, 2.24) is 14.6 Å². The Morgan fingerprint density at radius 2 is 2.40 bits per heavy atom. The second-order valence-corrected chi connectivity index (χ2v) is 3.15. The lowest BCUT2D eigenvalue weighted by Gasteiger charge is -1.91. The van der Waals surface area contributed by atoms with Crippen LogP contribution in [0.1, 0.15) is 16.2 Å². The summed E-state index contributed by atoms with van der Waals surface area (Å²) in [7, 11) is 1.64. The third kappa shape index (κ3) is 2.02. The van der Waals surface area contributed by atoms with Gasteiger partial charge in [0.15, 0.2) is 17.8 Å². The Kier molecular flexibility index (Phi) is 2.73. The van der Waals surface area contributed by atoms with Crippen LogP contribution in [0.3, 0.4) is 0 Å². The molecule has 5 nitrogen and oxygen atoms in total. The molecule has 0 atom stereocenters. The zero-order valence-corrected chi connectivity index (χ0v) is 8.38. The van der Waals surface area contributed by atoms with Crippen LogP contribution in [-0.2, 0) is 11.2 Å². The summed E-state index contributed by atoms with van der Waals surface area (Å²) in [5.74, 6) is 0.722. The summed E-state index contributed by atoms with van der Waals surface area (Å²) >= 11 is 0. The number of methoxy groups -OCH3 is 1. The predicted molar refractivity (Wildman–Crippen MR) is 54.0 cm³/mol. The lowest BCUT2D eigenvalue weighted by Crippen LogP contribution is -1.97. The van der Waals surface area contributed by atoms with E-state index in [1.807, 2.05) is 0 Å². The van der Waals surface area contributed by atoms with Gasteiger partial charge in [-0.05, 0) is 12.1 Å². The Morgan fingerprint density at radius 3 is 3.13 bits per heavy atom. The number of aldehydes is 1. The zero-order chi connectivity index (χ0) is 10.7. The molecule has 0 aromatic carbocycles. The molecule has 0 aliphatic rings. The fourth-order valence-corrected chi connectivity index (χ4v) is 1.31. The van der Waals surface area contributed by atoms with Crippen LogP contribution in [0, 0.1) is 0 Å². The summed E-state index contributed by atoms with van der Waals surface area (Å²) in [4.78, 5) is 14.8. The van der Waals surface area contributed by atoms with Gasteiger partial charge in [-0.1, -0.05) is 0 Å². The molecule has 0 bridgehead atoms. The normalized spacial score (nSPS) is 10.7. The number of hydrogen-bond acceptors (Lipinski definition) is 4. The Labute approximate surface area is 86.7 Å².